The number of aryl methyl sites for hydroxylation is 2. The molecule has 1 unspecified atom stereocenters. The summed E-state index contributed by atoms with van der Waals surface area (Å²) in [7, 11) is 0. The number of hydrogen-bond donors (Lipinski definition) is 1. The van der Waals surface area contributed by atoms with Crippen molar-refractivity contribution < 1.29 is 0 Å². The Morgan fingerprint density at radius 1 is 1.28 bits per heavy atom. The second-order valence-electron chi connectivity index (χ2n) is 6.16. The first-order valence-electron chi connectivity index (χ1n) is 8.09. The molecule has 3 nitrogen and oxygen atoms in total. The van der Waals surface area contributed by atoms with E-state index in [2.05, 4.69) is 49.2 Å². The zero-order valence-electron chi connectivity index (χ0n) is 14.4. The van der Waals surface area contributed by atoms with Gasteiger partial charge in [0.1, 0.15) is 0 Å². The smallest absolute Gasteiger partial charge is 0.179 e. The van der Waals surface area contributed by atoms with E-state index in [0.717, 1.165) is 28.7 Å². The number of amidine groups is 1. The Kier molecular flexibility index (Phi) is 5.67. The molecule has 0 saturated carbocycles. The number of rotatable bonds is 2. The summed E-state index contributed by atoms with van der Waals surface area (Å²) >= 11 is 13.4. The van der Waals surface area contributed by atoms with E-state index in [1.54, 1.807) is 11.8 Å². The third-order valence-electron chi connectivity index (χ3n) is 3.88. The molecule has 1 N–H and O–H groups in total. The van der Waals surface area contributed by atoms with E-state index in [-0.39, 0.29) is 0 Å². The van der Waals surface area contributed by atoms with Gasteiger partial charge in [-0.15, -0.1) is 0 Å². The Morgan fingerprint density at radius 3 is 2.84 bits per heavy atom. The van der Waals surface area contributed by atoms with Gasteiger partial charge in [0.15, 0.2) is 10.3 Å². The van der Waals surface area contributed by atoms with E-state index in [4.69, 9.17) is 28.8 Å². The number of benzene rings is 2. The van der Waals surface area contributed by atoms with Crippen LogP contribution in [0.4, 0.5) is 11.4 Å². The molecule has 0 spiro atoms. The normalized spacial score (nSPS) is 18.6. The minimum atomic E-state index is 0.433. The lowest BCUT2D eigenvalue weighted by Crippen LogP contribution is -2.36. The van der Waals surface area contributed by atoms with Crippen LogP contribution in [0.15, 0.2) is 47.5 Å². The molecule has 1 atom stereocenters. The fourth-order valence-corrected chi connectivity index (χ4v) is 4.13. The van der Waals surface area contributed by atoms with Crippen molar-refractivity contribution >= 4 is 57.2 Å². The first kappa shape index (κ1) is 18.2. The molecule has 0 amide bonds. The van der Waals surface area contributed by atoms with E-state index in [1.165, 1.54) is 5.56 Å². The van der Waals surface area contributed by atoms with Gasteiger partial charge in [-0.05, 0) is 61.5 Å². The lowest BCUT2D eigenvalue weighted by molar-refractivity contribution is 0.641. The maximum absolute atomic E-state index is 6.05. The van der Waals surface area contributed by atoms with Gasteiger partial charge in [-0.1, -0.05) is 48.5 Å². The van der Waals surface area contributed by atoms with Gasteiger partial charge in [-0.25, -0.2) is 4.99 Å². The molecule has 2 aromatic carbocycles. The summed E-state index contributed by atoms with van der Waals surface area (Å²) in [6.45, 7) is 7.18. The van der Waals surface area contributed by atoms with Crippen molar-refractivity contribution in [1.29, 1.82) is 0 Å². The third-order valence-corrected chi connectivity index (χ3v) is 5.51. The van der Waals surface area contributed by atoms with Crippen LogP contribution in [-0.4, -0.2) is 27.0 Å². The largest absolute Gasteiger partial charge is 0.332 e. The van der Waals surface area contributed by atoms with Gasteiger partial charge in [0, 0.05) is 22.5 Å². The molecule has 25 heavy (non-hydrogen) atoms. The highest BCUT2D eigenvalue weighted by atomic mass is 35.5. The summed E-state index contributed by atoms with van der Waals surface area (Å²) in [5, 5.41) is 5.95. The zero-order valence-corrected chi connectivity index (χ0v) is 16.8. The van der Waals surface area contributed by atoms with Crippen LogP contribution in [0.25, 0.3) is 0 Å². The van der Waals surface area contributed by atoms with Crippen molar-refractivity contribution in [2.24, 2.45) is 4.99 Å². The molecule has 1 saturated heterocycles. The maximum Gasteiger partial charge on any atom is 0.179 e. The van der Waals surface area contributed by atoms with Gasteiger partial charge in [0.25, 0.3) is 0 Å². The second kappa shape index (κ2) is 7.77. The van der Waals surface area contributed by atoms with Crippen LogP contribution in [0.3, 0.4) is 0 Å². The third kappa shape index (κ3) is 4.54. The first-order valence-corrected chi connectivity index (χ1v) is 9.75. The molecular weight excluding hydrogens is 370 g/mol. The van der Waals surface area contributed by atoms with Crippen molar-refractivity contribution in [2.45, 2.75) is 26.0 Å². The Hall–Kier alpha value is -1.56. The fourth-order valence-electron chi connectivity index (χ4n) is 2.57. The molecule has 0 aliphatic carbocycles. The number of thiocarbonyl (C=S) groups is 1. The van der Waals surface area contributed by atoms with Crippen molar-refractivity contribution in [3.05, 3.63) is 58.6 Å². The Balaban J connectivity index is 1.85. The molecule has 1 aliphatic rings. The highest BCUT2D eigenvalue weighted by Crippen LogP contribution is 2.30. The van der Waals surface area contributed by atoms with Crippen LogP contribution < -0.4 is 5.32 Å². The average molecular weight is 390 g/mol. The summed E-state index contributed by atoms with van der Waals surface area (Å²) in [6.07, 6.45) is 0. The van der Waals surface area contributed by atoms with Gasteiger partial charge < -0.3 is 5.32 Å². The van der Waals surface area contributed by atoms with Crippen LogP contribution >= 0.6 is 35.6 Å². The summed E-state index contributed by atoms with van der Waals surface area (Å²) < 4.78 is 0. The quantitative estimate of drug-likeness (QED) is 0.659. The van der Waals surface area contributed by atoms with Crippen LogP contribution in [-0.2, 0) is 0 Å². The van der Waals surface area contributed by atoms with Crippen molar-refractivity contribution in [3.8, 4) is 0 Å². The lowest BCUT2D eigenvalue weighted by Gasteiger charge is -2.20. The Bertz CT molecular complexity index is 835. The van der Waals surface area contributed by atoms with Crippen LogP contribution in [0.1, 0.15) is 18.1 Å². The van der Waals surface area contributed by atoms with E-state index in [9.17, 15) is 0 Å². The monoisotopic (exact) mass is 389 g/mol. The van der Waals surface area contributed by atoms with Gasteiger partial charge >= 0.3 is 0 Å². The van der Waals surface area contributed by atoms with E-state index in [0.29, 0.717) is 15.4 Å². The Morgan fingerprint density at radius 2 is 2.08 bits per heavy atom. The Labute approximate surface area is 163 Å². The number of anilines is 1. The van der Waals surface area contributed by atoms with E-state index in [1.807, 2.05) is 24.3 Å². The number of aliphatic imine (C=N–C) groups is 1. The fraction of sp³-hybridized carbons (Fsp3) is 0.263. The topological polar surface area (TPSA) is 27.6 Å². The molecule has 130 valence electrons. The van der Waals surface area contributed by atoms with Gasteiger partial charge in [0.2, 0.25) is 0 Å². The predicted octanol–water partition coefficient (Wildman–Crippen LogP) is 5.78. The van der Waals surface area contributed by atoms with Gasteiger partial charge in [0.05, 0.1) is 5.69 Å². The average Bonchev–Trinajstić information content (AvgIpc) is 2.91. The molecular formula is C19H20ClN3S2. The molecule has 0 aromatic heterocycles. The maximum atomic E-state index is 6.05. The molecule has 6 heteroatoms. The minimum Gasteiger partial charge on any atom is -0.332 e. The van der Waals surface area contributed by atoms with Crippen molar-refractivity contribution in [1.82, 2.24) is 4.90 Å². The molecule has 1 aliphatic heterocycles. The molecule has 3 rings (SSSR count). The summed E-state index contributed by atoms with van der Waals surface area (Å²) in [5.41, 5.74) is 4.24. The van der Waals surface area contributed by atoms with Crippen LogP contribution in [0.5, 0.6) is 0 Å². The number of nitrogens with zero attached hydrogens (tertiary/aromatic N) is 2. The minimum absolute atomic E-state index is 0.433. The van der Waals surface area contributed by atoms with Gasteiger partial charge in [-0.2, -0.15) is 0 Å². The molecule has 0 radical (unpaired) electrons. The van der Waals surface area contributed by atoms with E-state index >= 15 is 0 Å². The molecule has 2 aromatic rings. The highest BCUT2D eigenvalue weighted by Gasteiger charge is 2.29. The van der Waals surface area contributed by atoms with Crippen LogP contribution in [0, 0.1) is 13.8 Å². The predicted molar refractivity (Wildman–Crippen MR) is 114 cm³/mol. The van der Waals surface area contributed by atoms with E-state index < -0.39 is 0 Å². The summed E-state index contributed by atoms with van der Waals surface area (Å²) in [4.78, 5) is 6.95. The summed E-state index contributed by atoms with van der Waals surface area (Å²) in [6, 6.07) is 13.9. The first-order chi connectivity index (χ1) is 11.9. The summed E-state index contributed by atoms with van der Waals surface area (Å²) in [5.74, 6) is 0. The zero-order chi connectivity index (χ0) is 18.0. The van der Waals surface area contributed by atoms with Crippen molar-refractivity contribution in [2.75, 3.05) is 11.9 Å². The number of hydrogen-bond acceptors (Lipinski definition) is 3. The van der Waals surface area contributed by atoms with Crippen molar-refractivity contribution in [3.63, 3.8) is 0 Å². The highest BCUT2D eigenvalue weighted by molar-refractivity contribution is 8.14. The molecule has 1 heterocycles. The van der Waals surface area contributed by atoms with Crippen LogP contribution in [0.2, 0.25) is 5.02 Å². The SMILES string of the molecule is Cc1ccc(C)c(/N=C2/SC(C)CN2C(=S)Nc2cccc(Cl)c2)c1. The molecule has 1 fully saturated rings. The number of nitrogens with one attached hydrogen (secondary N) is 1. The molecule has 0 bridgehead atoms. The van der Waals surface area contributed by atoms with Gasteiger partial charge in [-0.3, -0.25) is 4.90 Å². The standard InChI is InChI=1S/C19H20ClN3S2/c1-12-7-8-13(2)17(9-12)22-19-23(11-14(3)25-19)18(24)21-16-6-4-5-15(20)10-16/h4-10,14H,11H2,1-3H3,(H,21,24)/b22-19+. The number of thioether (sulfide) groups is 1. The lowest BCUT2D eigenvalue weighted by atomic mass is 10.1. The number of halogens is 1. The second-order valence-corrected chi connectivity index (χ2v) is 8.39.